The minimum atomic E-state index is 0.118. The number of piperidine rings is 1. The first-order chi connectivity index (χ1) is 17.5. The van der Waals surface area contributed by atoms with Crippen LogP contribution in [0.3, 0.4) is 0 Å². The van der Waals surface area contributed by atoms with Crippen LogP contribution < -0.4 is 14.2 Å². The van der Waals surface area contributed by atoms with Gasteiger partial charge in [0.2, 0.25) is 0 Å². The van der Waals surface area contributed by atoms with E-state index in [-0.39, 0.29) is 10.4 Å². The number of ether oxygens (including phenoxy) is 3. The molecule has 1 saturated heterocycles. The Hall–Kier alpha value is -2.37. The summed E-state index contributed by atoms with van der Waals surface area (Å²) in [5.41, 5.74) is 2.98. The van der Waals surface area contributed by atoms with E-state index in [2.05, 4.69) is 13.8 Å². The molecule has 0 atom stereocenters. The SMILES string of the molecule is CCc1cc(OCC=C(Cl)Cl)cc(CC)c1OCCCCOc1ccc(C(=O)N2CCCCC2)cc1. The number of amides is 1. The van der Waals surface area contributed by atoms with E-state index in [1.165, 1.54) is 6.42 Å². The number of benzene rings is 2. The Morgan fingerprint density at radius 3 is 2.06 bits per heavy atom. The molecule has 3 rings (SSSR count). The Labute approximate surface area is 225 Å². The first-order valence-corrected chi connectivity index (χ1v) is 13.7. The van der Waals surface area contributed by atoms with Crippen LogP contribution in [0.5, 0.6) is 17.2 Å². The summed E-state index contributed by atoms with van der Waals surface area (Å²) in [6.45, 7) is 7.49. The monoisotopic (exact) mass is 533 g/mol. The van der Waals surface area contributed by atoms with Gasteiger partial charge in [0.25, 0.3) is 5.91 Å². The number of carbonyl (C=O) groups excluding carboxylic acids is 1. The number of rotatable bonds is 13. The molecule has 196 valence electrons. The van der Waals surface area contributed by atoms with Crippen LogP contribution in [0.4, 0.5) is 0 Å². The molecule has 1 aliphatic heterocycles. The van der Waals surface area contributed by atoms with Gasteiger partial charge in [-0.25, -0.2) is 0 Å². The lowest BCUT2D eigenvalue weighted by molar-refractivity contribution is 0.0724. The van der Waals surface area contributed by atoms with Crippen molar-refractivity contribution in [3.05, 3.63) is 63.7 Å². The fraction of sp³-hybridized carbons (Fsp3) is 0.483. The molecule has 0 radical (unpaired) electrons. The highest BCUT2D eigenvalue weighted by atomic mass is 35.5. The number of halogens is 2. The van der Waals surface area contributed by atoms with Crippen LogP contribution in [-0.2, 0) is 12.8 Å². The van der Waals surface area contributed by atoms with Crippen LogP contribution in [0.25, 0.3) is 0 Å². The fourth-order valence-corrected chi connectivity index (χ4v) is 4.38. The Morgan fingerprint density at radius 2 is 1.47 bits per heavy atom. The first kappa shape index (κ1) is 28.2. The van der Waals surface area contributed by atoms with Crippen molar-refractivity contribution in [3.63, 3.8) is 0 Å². The zero-order valence-electron chi connectivity index (χ0n) is 21.4. The molecule has 0 spiro atoms. The number of likely N-dealkylation sites (tertiary alicyclic amines) is 1. The Bertz CT molecular complexity index is 972. The summed E-state index contributed by atoms with van der Waals surface area (Å²) in [5.74, 6) is 2.65. The van der Waals surface area contributed by atoms with E-state index in [1.807, 2.05) is 41.3 Å². The van der Waals surface area contributed by atoms with Gasteiger partial charge in [-0.1, -0.05) is 37.0 Å². The number of hydrogen-bond acceptors (Lipinski definition) is 4. The lowest BCUT2D eigenvalue weighted by Crippen LogP contribution is -2.35. The van der Waals surface area contributed by atoms with E-state index >= 15 is 0 Å². The molecule has 0 aliphatic carbocycles. The maximum Gasteiger partial charge on any atom is 0.253 e. The average molecular weight is 535 g/mol. The number of hydrogen-bond donors (Lipinski definition) is 0. The lowest BCUT2D eigenvalue weighted by Gasteiger charge is -2.26. The highest BCUT2D eigenvalue weighted by Gasteiger charge is 2.18. The molecule has 0 N–H and O–H groups in total. The zero-order valence-corrected chi connectivity index (χ0v) is 22.9. The maximum atomic E-state index is 12.6. The molecular weight excluding hydrogens is 497 g/mol. The molecule has 5 nitrogen and oxygen atoms in total. The molecule has 36 heavy (non-hydrogen) atoms. The maximum absolute atomic E-state index is 12.6. The van der Waals surface area contributed by atoms with E-state index in [0.29, 0.717) is 19.8 Å². The molecule has 1 fully saturated rings. The van der Waals surface area contributed by atoms with Gasteiger partial charge in [0.1, 0.15) is 28.3 Å². The molecule has 0 saturated carbocycles. The van der Waals surface area contributed by atoms with E-state index in [1.54, 1.807) is 6.08 Å². The summed E-state index contributed by atoms with van der Waals surface area (Å²) in [4.78, 5) is 14.5. The van der Waals surface area contributed by atoms with Crippen molar-refractivity contribution in [2.24, 2.45) is 0 Å². The van der Waals surface area contributed by atoms with Crippen LogP contribution >= 0.6 is 23.2 Å². The van der Waals surface area contributed by atoms with E-state index in [9.17, 15) is 4.79 Å². The van der Waals surface area contributed by atoms with Crippen LogP contribution in [0.2, 0.25) is 0 Å². The van der Waals surface area contributed by atoms with Crippen molar-refractivity contribution in [1.82, 2.24) is 4.90 Å². The van der Waals surface area contributed by atoms with Crippen LogP contribution in [-0.4, -0.2) is 43.7 Å². The second-order valence-corrected chi connectivity index (χ2v) is 9.87. The molecule has 1 amide bonds. The summed E-state index contributed by atoms with van der Waals surface area (Å²) >= 11 is 11.3. The third-order valence-electron chi connectivity index (χ3n) is 6.26. The molecule has 1 heterocycles. The van der Waals surface area contributed by atoms with Crippen molar-refractivity contribution in [3.8, 4) is 17.2 Å². The standard InChI is InChI=1S/C29H37Cl2NO4/c1-3-22-20-26(35-19-14-27(30)31)21-23(4-2)28(22)36-18-9-8-17-34-25-12-10-24(11-13-25)29(33)32-15-6-5-7-16-32/h10-14,20-21H,3-9,15-19H2,1-2H3. The molecule has 7 heteroatoms. The molecule has 0 aromatic heterocycles. The topological polar surface area (TPSA) is 48.0 Å². The lowest BCUT2D eigenvalue weighted by atomic mass is 10.0. The quantitative estimate of drug-likeness (QED) is 0.252. The van der Waals surface area contributed by atoms with Crippen molar-refractivity contribution in [2.45, 2.75) is 58.8 Å². The van der Waals surface area contributed by atoms with Gasteiger partial charge >= 0.3 is 0 Å². The third-order valence-corrected chi connectivity index (χ3v) is 6.57. The second kappa shape index (κ2) is 15.0. The number of unbranched alkanes of at least 4 members (excludes halogenated alkanes) is 1. The summed E-state index contributed by atoms with van der Waals surface area (Å²) in [5, 5.41) is 0. The molecule has 2 aromatic rings. The third kappa shape index (κ3) is 8.63. The van der Waals surface area contributed by atoms with Gasteiger partial charge in [-0.15, -0.1) is 0 Å². The van der Waals surface area contributed by atoms with Gasteiger partial charge in [-0.05, 0) is 98.5 Å². The summed E-state index contributed by atoms with van der Waals surface area (Å²) in [7, 11) is 0. The summed E-state index contributed by atoms with van der Waals surface area (Å²) in [6.07, 6.45) is 8.49. The Morgan fingerprint density at radius 1 is 0.861 bits per heavy atom. The van der Waals surface area contributed by atoms with Gasteiger partial charge in [-0.3, -0.25) is 4.79 Å². The smallest absolute Gasteiger partial charge is 0.253 e. The van der Waals surface area contributed by atoms with Crippen molar-refractivity contribution >= 4 is 29.1 Å². The summed E-state index contributed by atoms with van der Waals surface area (Å²) in [6, 6.07) is 11.5. The van der Waals surface area contributed by atoms with E-state index < -0.39 is 0 Å². The average Bonchev–Trinajstić information content (AvgIpc) is 2.91. The molecule has 0 unspecified atom stereocenters. The van der Waals surface area contributed by atoms with Crippen LogP contribution in [0.1, 0.15) is 67.4 Å². The highest BCUT2D eigenvalue weighted by molar-refractivity contribution is 6.55. The van der Waals surface area contributed by atoms with Gasteiger partial charge in [0.15, 0.2) is 0 Å². The van der Waals surface area contributed by atoms with Crippen molar-refractivity contribution < 1.29 is 19.0 Å². The molecular formula is C29H37Cl2NO4. The van der Waals surface area contributed by atoms with Gasteiger partial charge < -0.3 is 19.1 Å². The van der Waals surface area contributed by atoms with Crippen molar-refractivity contribution in [1.29, 1.82) is 0 Å². The Balaban J connectivity index is 1.42. The van der Waals surface area contributed by atoms with Crippen molar-refractivity contribution in [2.75, 3.05) is 32.9 Å². The number of nitrogens with zero attached hydrogens (tertiary/aromatic N) is 1. The minimum Gasteiger partial charge on any atom is -0.494 e. The van der Waals surface area contributed by atoms with Crippen LogP contribution in [0.15, 0.2) is 47.0 Å². The predicted octanol–water partition coefficient (Wildman–Crippen LogP) is 7.37. The predicted molar refractivity (Wildman–Crippen MR) is 147 cm³/mol. The van der Waals surface area contributed by atoms with Gasteiger partial charge in [0, 0.05) is 18.7 Å². The Kier molecular flexibility index (Phi) is 11.8. The zero-order chi connectivity index (χ0) is 25.8. The minimum absolute atomic E-state index is 0.118. The molecule has 1 aliphatic rings. The molecule has 0 bridgehead atoms. The van der Waals surface area contributed by atoms with E-state index in [0.717, 1.165) is 85.6 Å². The molecule has 2 aromatic carbocycles. The second-order valence-electron chi connectivity index (χ2n) is 8.86. The van der Waals surface area contributed by atoms with E-state index in [4.69, 9.17) is 37.4 Å². The van der Waals surface area contributed by atoms with Gasteiger partial charge in [-0.2, -0.15) is 0 Å². The summed E-state index contributed by atoms with van der Waals surface area (Å²) < 4.78 is 18.0. The number of aryl methyl sites for hydroxylation is 2. The fourth-order valence-electron chi connectivity index (χ4n) is 4.26. The van der Waals surface area contributed by atoms with Crippen LogP contribution in [0, 0.1) is 0 Å². The largest absolute Gasteiger partial charge is 0.494 e. The highest BCUT2D eigenvalue weighted by Crippen LogP contribution is 2.31. The van der Waals surface area contributed by atoms with Gasteiger partial charge in [0.05, 0.1) is 13.2 Å². The normalized spacial score (nSPS) is 13.3. The first-order valence-electron chi connectivity index (χ1n) is 13.0. The number of carbonyl (C=O) groups is 1.